The molecule has 6 nitrogen and oxygen atoms in total. The number of aliphatic hydroxyl groups excluding tert-OH is 1. The zero-order valence-electron chi connectivity index (χ0n) is 10.8. The van der Waals surface area contributed by atoms with Crippen LogP contribution in [0, 0.1) is 16.0 Å². The first-order chi connectivity index (χ1) is 9.08. The van der Waals surface area contributed by atoms with Gasteiger partial charge in [-0.05, 0) is 24.5 Å². The van der Waals surface area contributed by atoms with Crippen LogP contribution < -0.4 is 5.32 Å². The largest absolute Gasteiger partial charge is 0.396 e. The van der Waals surface area contributed by atoms with Crippen molar-refractivity contribution in [3.05, 3.63) is 39.9 Å². The summed E-state index contributed by atoms with van der Waals surface area (Å²) in [7, 11) is 0. The maximum Gasteiger partial charge on any atom is 0.269 e. The number of amides is 1. The van der Waals surface area contributed by atoms with E-state index in [9.17, 15) is 14.9 Å². The van der Waals surface area contributed by atoms with E-state index in [1.807, 2.05) is 6.92 Å². The van der Waals surface area contributed by atoms with E-state index in [0.717, 1.165) is 6.42 Å². The molecule has 1 amide bonds. The second-order valence-electron chi connectivity index (χ2n) is 4.30. The Morgan fingerprint density at radius 1 is 1.42 bits per heavy atom. The van der Waals surface area contributed by atoms with Crippen LogP contribution in [0.1, 0.15) is 30.1 Å². The molecular weight excluding hydrogens is 248 g/mol. The minimum Gasteiger partial charge on any atom is -0.396 e. The van der Waals surface area contributed by atoms with Gasteiger partial charge in [-0.1, -0.05) is 13.3 Å². The van der Waals surface area contributed by atoms with Gasteiger partial charge in [0.1, 0.15) is 0 Å². The molecule has 1 aromatic rings. The summed E-state index contributed by atoms with van der Waals surface area (Å²) in [5.74, 6) is -0.0155. The minimum absolute atomic E-state index is 0.0386. The fourth-order valence-corrected chi connectivity index (χ4v) is 1.71. The molecule has 0 aliphatic rings. The Labute approximate surface area is 111 Å². The Balaban J connectivity index is 2.55. The van der Waals surface area contributed by atoms with Gasteiger partial charge in [0.2, 0.25) is 0 Å². The van der Waals surface area contributed by atoms with Gasteiger partial charge in [-0.3, -0.25) is 14.9 Å². The van der Waals surface area contributed by atoms with Crippen molar-refractivity contribution in [1.82, 2.24) is 5.32 Å². The Hall–Kier alpha value is -1.95. The van der Waals surface area contributed by atoms with Gasteiger partial charge < -0.3 is 10.4 Å². The van der Waals surface area contributed by atoms with E-state index in [4.69, 9.17) is 5.11 Å². The number of nitro groups is 1. The Morgan fingerprint density at radius 3 is 2.53 bits per heavy atom. The van der Waals surface area contributed by atoms with Crippen molar-refractivity contribution in [3.8, 4) is 0 Å². The highest BCUT2D eigenvalue weighted by atomic mass is 16.6. The third-order valence-electron chi connectivity index (χ3n) is 3.01. The molecule has 0 fully saturated rings. The first kappa shape index (κ1) is 15.1. The van der Waals surface area contributed by atoms with Gasteiger partial charge in [0.05, 0.1) is 4.92 Å². The summed E-state index contributed by atoms with van der Waals surface area (Å²) in [5.41, 5.74) is 0.354. The molecule has 0 heterocycles. The Kier molecular flexibility index (Phi) is 5.95. The third-order valence-corrected chi connectivity index (χ3v) is 3.01. The van der Waals surface area contributed by atoms with E-state index in [0.29, 0.717) is 18.5 Å². The minimum atomic E-state index is -0.504. The van der Waals surface area contributed by atoms with Crippen molar-refractivity contribution in [3.63, 3.8) is 0 Å². The molecule has 1 rings (SSSR count). The van der Waals surface area contributed by atoms with Crippen molar-refractivity contribution in [2.75, 3.05) is 13.2 Å². The smallest absolute Gasteiger partial charge is 0.269 e. The molecule has 1 aromatic carbocycles. The molecule has 0 saturated carbocycles. The highest BCUT2D eigenvalue weighted by Gasteiger charge is 2.11. The van der Waals surface area contributed by atoms with Crippen LogP contribution in [0.15, 0.2) is 24.3 Å². The van der Waals surface area contributed by atoms with Crippen molar-refractivity contribution in [2.45, 2.75) is 19.8 Å². The van der Waals surface area contributed by atoms with Crippen LogP contribution in [0.25, 0.3) is 0 Å². The average molecular weight is 266 g/mol. The van der Waals surface area contributed by atoms with Gasteiger partial charge in [0.25, 0.3) is 11.6 Å². The zero-order chi connectivity index (χ0) is 14.3. The highest BCUT2D eigenvalue weighted by Crippen LogP contribution is 2.12. The number of nitrogens with one attached hydrogen (secondary N) is 1. The van der Waals surface area contributed by atoms with Crippen molar-refractivity contribution in [2.24, 2.45) is 5.92 Å². The number of aliphatic hydroxyl groups is 1. The van der Waals surface area contributed by atoms with Gasteiger partial charge in [-0.2, -0.15) is 0 Å². The van der Waals surface area contributed by atoms with Crippen LogP contribution in [-0.2, 0) is 0 Å². The molecule has 0 aliphatic heterocycles. The van der Waals surface area contributed by atoms with Crippen LogP contribution >= 0.6 is 0 Å². The molecule has 0 saturated heterocycles. The fourth-order valence-electron chi connectivity index (χ4n) is 1.71. The van der Waals surface area contributed by atoms with Crippen LogP contribution in [0.2, 0.25) is 0 Å². The van der Waals surface area contributed by atoms with Crippen molar-refractivity contribution in [1.29, 1.82) is 0 Å². The summed E-state index contributed by atoms with van der Waals surface area (Å²) in [6.07, 6.45) is 1.53. The molecule has 1 atom stereocenters. The normalized spacial score (nSPS) is 11.9. The van der Waals surface area contributed by atoms with E-state index < -0.39 is 4.92 Å². The predicted molar refractivity (Wildman–Crippen MR) is 70.9 cm³/mol. The third kappa shape index (κ3) is 4.67. The summed E-state index contributed by atoms with van der Waals surface area (Å²) < 4.78 is 0. The van der Waals surface area contributed by atoms with Crippen molar-refractivity contribution < 1.29 is 14.8 Å². The first-order valence-corrected chi connectivity index (χ1v) is 6.22. The number of hydrogen-bond donors (Lipinski definition) is 2. The molecular formula is C13H18N2O4. The van der Waals surface area contributed by atoms with Gasteiger partial charge in [0, 0.05) is 30.8 Å². The SMILES string of the molecule is CCC(CCO)CNC(=O)c1ccc([N+](=O)[O-])cc1. The molecule has 1 unspecified atom stereocenters. The molecule has 0 radical (unpaired) electrons. The number of carbonyl (C=O) groups is 1. The number of nitrogens with zero attached hydrogens (tertiary/aromatic N) is 1. The number of hydrogen-bond acceptors (Lipinski definition) is 4. The second-order valence-corrected chi connectivity index (χ2v) is 4.30. The lowest BCUT2D eigenvalue weighted by Gasteiger charge is -2.14. The van der Waals surface area contributed by atoms with Crippen LogP contribution in [0.3, 0.4) is 0 Å². The number of nitro benzene ring substituents is 1. The number of benzene rings is 1. The van der Waals surface area contributed by atoms with Gasteiger partial charge in [-0.25, -0.2) is 0 Å². The van der Waals surface area contributed by atoms with Crippen LogP contribution in [0.4, 0.5) is 5.69 Å². The maximum absolute atomic E-state index is 11.8. The summed E-state index contributed by atoms with van der Waals surface area (Å²) in [5, 5.41) is 22.1. The number of non-ortho nitro benzene ring substituents is 1. The zero-order valence-corrected chi connectivity index (χ0v) is 10.8. The lowest BCUT2D eigenvalue weighted by atomic mass is 10.0. The quantitative estimate of drug-likeness (QED) is 0.580. The van der Waals surface area contributed by atoms with Gasteiger partial charge >= 0.3 is 0 Å². The summed E-state index contributed by atoms with van der Waals surface area (Å²) >= 11 is 0. The lowest BCUT2D eigenvalue weighted by Crippen LogP contribution is -2.29. The maximum atomic E-state index is 11.8. The lowest BCUT2D eigenvalue weighted by molar-refractivity contribution is -0.384. The van der Waals surface area contributed by atoms with Gasteiger partial charge in [-0.15, -0.1) is 0 Å². The fraction of sp³-hybridized carbons (Fsp3) is 0.462. The molecule has 0 aliphatic carbocycles. The van der Waals surface area contributed by atoms with E-state index in [2.05, 4.69) is 5.32 Å². The molecule has 104 valence electrons. The highest BCUT2D eigenvalue weighted by molar-refractivity contribution is 5.94. The first-order valence-electron chi connectivity index (χ1n) is 6.22. The molecule has 2 N–H and O–H groups in total. The van der Waals surface area contributed by atoms with Crippen LogP contribution in [-0.4, -0.2) is 29.1 Å². The molecule has 0 spiro atoms. The monoisotopic (exact) mass is 266 g/mol. The van der Waals surface area contributed by atoms with Crippen molar-refractivity contribution >= 4 is 11.6 Å². The van der Waals surface area contributed by atoms with E-state index >= 15 is 0 Å². The summed E-state index contributed by atoms with van der Waals surface area (Å²) in [6, 6.07) is 5.47. The topological polar surface area (TPSA) is 92.5 Å². The molecule has 6 heteroatoms. The molecule has 0 bridgehead atoms. The predicted octanol–water partition coefficient (Wildman–Crippen LogP) is 1.73. The Bertz CT molecular complexity index is 431. The summed E-state index contributed by atoms with van der Waals surface area (Å²) in [6.45, 7) is 2.59. The Morgan fingerprint density at radius 2 is 2.05 bits per heavy atom. The molecule has 19 heavy (non-hydrogen) atoms. The van der Waals surface area contributed by atoms with Gasteiger partial charge in [0.15, 0.2) is 0 Å². The molecule has 0 aromatic heterocycles. The summed E-state index contributed by atoms with van der Waals surface area (Å²) in [4.78, 5) is 21.8. The number of rotatable bonds is 7. The van der Waals surface area contributed by atoms with E-state index in [1.165, 1.54) is 24.3 Å². The van der Waals surface area contributed by atoms with Crippen LogP contribution in [0.5, 0.6) is 0 Å². The van der Waals surface area contributed by atoms with E-state index in [1.54, 1.807) is 0 Å². The second kappa shape index (κ2) is 7.48. The number of carbonyl (C=O) groups excluding carboxylic acids is 1. The van der Waals surface area contributed by atoms with E-state index in [-0.39, 0.29) is 24.1 Å². The standard InChI is InChI=1S/C13H18N2O4/c1-2-10(7-8-16)9-14-13(17)11-3-5-12(6-4-11)15(18)19/h3-6,10,16H,2,7-9H2,1H3,(H,14,17). The average Bonchev–Trinajstić information content (AvgIpc) is 2.43.